The molecule has 2 rings (SSSR count). The Labute approximate surface area is 109 Å². The number of aliphatic hydroxyl groups is 3. The Morgan fingerprint density at radius 2 is 2.00 bits per heavy atom. The largest absolute Gasteiger partial charge is 0.493 e. The van der Waals surface area contributed by atoms with E-state index in [4.69, 9.17) is 10.2 Å². The Hall–Kier alpha value is -1.74. The molecule has 0 amide bonds. The van der Waals surface area contributed by atoms with E-state index in [0.717, 1.165) is 5.56 Å². The maximum absolute atomic E-state index is 9.54. The van der Waals surface area contributed by atoms with Gasteiger partial charge in [-0.2, -0.15) is 0 Å². The molecular weight excluding hydrogens is 252 g/mol. The number of H-pyrrole nitrogens is 1. The number of nitrogens with zero attached hydrogens (tertiary/aromatic N) is 2. The first-order chi connectivity index (χ1) is 9.17. The molecule has 8 heteroatoms. The van der Waals surface area contributed by atoms with Gasteiger partial charge in [-0.3, -0.25) is 0 Å². The lowest BCUT2D eigenvalue weighted by Gasteiger charge is -2.20. The van der Waals surface area contributed by atoms with Gasteiger partial charge in [-0.25, -0.2) is 9.97 Å². The van der Waals surface area contributed by atoms with Crippen LogP contribution in [0.15, 0.2) is 12.5 Å². The van der Waals surface area contributed by atoms with E-state index in [0.29, 0.717) is 17.9 Å². The van der Waals surface area contributed by atoms with Gasteiger partial charge in [0.25, 0.3) is 0 Å². The molecule has 0 saturated carbocycles. The number of nitrogens with one attached hydrogen (secondary N) is 2. The molecule has 19 heavy (non-hydrogen) atoms. The van der Waals surface area contributed by atoms with Crippen molar-refractivity contribution in [2.75, 3.05) is 13.2 Å². The monoisotopic (exact) mass is 268 g/mol. The van der Waals surface area contributed by atoms with Crippen molar-refractivity contribution in [1.82, 2.24) is 20.3 Å². The molecule has 0 spiro atoms. The average molecular weight is 268 g/mol. The second-order valence-electron chi connectivity index (χ2n) is 4.15. The number of fused-ring (bicyclic) bond motifs is 1. The molecule has 0 aromatic heterocycles. The number of aliphatic hydroxyl groups excluding tert-OH is 3. The van der Waals surface area contributed by atoms with Crippen LogP contribution in [-0.2, 0) is 6.54 Å². The van der Waals surface area contributed by atoms with Gasteiger partial charge in [0.15, 0.2) is 0 Å². The molecule has 0 saturated heterocycles. The minimum Gasteiger partial charge on any atom is -0.493 e. The van der Waals surface area contributed by atoms with E-state index >= 15 is 0 Å². The van der Waals surface area contributed by atoms with Crippen LogP contribution in [0, 0.1) is 0 Å². The van der Waals surface area contributed by atoms with Gasteiger partial charge in [0.05, 0.1) is 31.7 Å². The summed E-state index contributed by atoms with van der Waals surface area (Å²) >= 11 is 0. The van der Waals surface area contributed by atoms with Crippen LogP contribution in [0.1, 0.15) is 5.56 Å². The molecule has 0 aromatic carbocycles. The van der Waals surface area contributed by atoms with Crippen LogP contribution in [0.5, 0.6) is 5.88 Å². The molecular formula is C11H16N4O4. The van der Waals surface area contributed by atoms with Crippen molar-refractivity contribution in [1.29, 1.82) is 0 Å². The first-order valence-corrected chi connectivity index (χ1v) is 5.80. The van der Waals surface area contributed by atoms with E-state index < -0.39 is 18.8 Å². The Morgan fingerprint density at radius 3 is 2.68 bits per heavy atom. The fourth-order valence-corrected chi connectivity index (χ4v) is 1.78. The van der Waals surface area contributed by atoms with Crippen LogP contribution >= 0.6 is 0 Å². The standard InChI is InChI=1S/C11H16N4O4/c16-3-7(8(18)4-17)12-1-6-2-13-10-9(6)14-5-15-11(10)19/h2,5,7-8,12,16-19H,1,3-4H2,(H,14,15). The van der Waals surface area contributed by atoms with Gasteiger partial charge in [-0.1, -0.05) is 0 Å². The van der Waals surface area contributed by atoms with Crippen molar-refractivity contribution in [3.05, 3.63) is 18.1 Å². The predicted octanol–water partition coefficient (Wildman–Crippen LogP) is -1.58. The van der Waals surface area contributed by atoms with Gasteiger partial charge in [0.1, 0.15) is 11.4 Å². The topological polar surface area (TPSA) is 135 Å². The third-order valence-corrected chi connectivity index (χ3v) is 2.90. The van der Waals surface area contributed by atoms with Crippen molar-refractivity contribution in [2.45, 2.75) is 18.7 Å². The van der Waals surface area contributed by atoms with E-state index in [9.17, 15) is 10.2 Å². The Balaban J connectivity index is 2.07. The van der Waals surface area contributed by atoms with E-state index in [1.807, 2.05) is 0 Å². The molecule has 0 fully saturated rings. The number of hydrogen-bond donors (Lipinski definition) is 6. The third-order valence-electron chi connectivity index (χ3n) is 2.90. The summed E-state index contributed by atoms with van der Waals surface area (Å²) in [5.41, 5.74) is 1.63. The van der Waals surface area contributed by atoms with Gasteiger partial charge in [-0.15, -0.1) is 0 Å². The molecule has 8 nitrogen and oxygen atoms in total. The number of hydrogen-bond acceptors (Lipinski definition) is 7. The van der Waals surface area contributed by atoms with Gasteiger partial charge < -0.3 is 30.7 Å². The number of aromatic nitrogens is 3. The second kappa shape index (κ2) is 5.93. The minimum absolute atomic E-state index is 0.0645. The van der Waals surface area contributed by atoms with E-state index in [1.54, 1.807) is 6.20 Å². The van der Waals surface area contributed by atoms with Crippen LogP contribution < -0.4 is 5.32 Å². The smallest absolute Gasteiger partial charge is 0.218 e. The Bertz CT molecular complexity index is 504. The predicted molar refractivity (Wildman–Crippen MR) is 65.5 cm³/mol. The lowest BCUT2D eigenvalue weighted by atomic mass is 10.1. The maximum atomic E-state index is 9.54. The number of aromatic amines is 1. The quantitative estimate of drug-likeness (QED) is 0.372. The summed E-state index contributed by atoms with van der Waals surface area (Å²) in [6.45, 7) is -0.443. The highest BCUT2D eigenvalue weighted by molar-refractivity contribution is 5.65. The summed E-state index contributed by atoms with van der Waals surface area (Å²) in [4.78, 5) is 10.6. The Morgan fingerprint density at radius 1 is 1.21 bits per heavy atom. The van der Waals surface area contributed by atoms with Crippen LogP contribution in [0.4, 0.5) is 0 Å². The van der Waals surface area contributed by atoms with Gasteiger partial charge >= 0.3 is 0 Å². The molecule has 2 aliphatic rings. The summed E-state index contributed by atoms with van der Waals surface area (Å²) in [6.07, 6.45) is 1.86. The third kappa shape index (κ3) is 2.82. The molecule has 0 aromatic rings. The van der Waals surface area contributed by atoms with Crippen LogP contribution in [0.25, 0.3) is 11.4 Å². The fourth-order valence-electron chi connectivity index (χ4n) is 1.78. The highest BCUT2D eigenvalue weighted by Crippen LogP contribution is 2.28. The summed E-state index contributed by atoms with van der Waals surface area (Å²) in [5.74, 6) is -0.0645. The molecule has 0 radical (unpaired) electrons. The summed E-state index contributed by atoms with van der Waals surface area (Å²) in [5, 5.41) is 39.8. The SMILES string of the molecule is OCC(O)C(CO)NCc1cnc2c(O)[nH]cnc1-2. The van der Waals surface area contributed by atoms with Crippen LogP contribution in [0.2, 0.25) is 0 Å². The normalized spacial score (nSPS) is 14.7. The highest BCUT2D eigenvalue weighted by atomic mass is 16.3. The van der Waals surface area contributed by atoms with Crippen LogP contribution in [-0.4, -0.2) is 60.7 Å². The van der Waals surface area contributed by atoms with E-state index in [-0.39, 0.29) is 12.5 Å². The fraction of sp³-hybridized carbons (Fsp3) is 0.455. The molecule has 0 bridgehead atoms. The van der Waals surface area contributed by atoms with Crippen LogP contribution in [0.3, 0.4) is 0 Å². The van der Waals surface area contributed by atoms with E-state index in [1.165, 1.54) is 6.33 Å². The molecule has 2 unspecified atom stereocenters. The van der Waals surface area contributed by atoms with Gasteiger partial charge in [-0.05, 0) is 0 Å². The average Bonchev–Trinajstić information content (AvgIpc) is 2.84. The Kier molecular flexibility index (Phi) is 4.27. The number of rotatable bonds is 6. The molecule has 2 heterocycles. The lowest BCUT2D eigenvalue weighted by molar-refractivity contribution is 0.0410. The van der Waals surface area contributed by atoms with Crippen molar-refractivity contribution >= 4 is 0 Å². The van der Waals surface area contributed by atoms with Gasteiger partial charge in [0.2, 0.25) is 5.88 Å². The zero-order valence-corrected chi connectivity index (χ0v) is 10.1. The zero-order valence-electron chi connectivity index (χ0n) is 10.1. The van der Waals surface area contributed by atoms with Crippen molar-refractivity contribution < 1.29 is 20.4 Å². The zero-order chi connectivity index (χ0) is 13.8. The van der Waals surface area contributed by atoms with E-state index in [2.05, 4.69) is 20.3 Å². The summed E-state index contributed by atoms with van der Waals surface area (Å²) in [7, 11) is 0. The van der Waals surface area contributed by atoms with Crippen molar-refractivity contribution in [2.24, 2.45) is 0 Å². The lowest BCUT2D eigenvalue weighted by Crippen LogP contribution is -2.44. The number of aromatic hydroxyl groups is 1. The molecule has 104 valence electrons. The molecule has 6 N–H and O–H groups in total. The first-order valence-electron chi connectivity index (χ1n) is 5.80. The molecule has 2 atom stereocenters. The van der Waals surface area contributed by atoms with Crippen molar-refractivity contribution in [3.8, 4) is 17.3 Å². The highest BCUT2D eigenvalue weighted by Gasteiger charge is 2.20. The van der Waals surface area contributed by atoms with Gasteiger partial charge in [0, 0.05) is 18.3 Å². The first kappa shape index (κ1) is 13.7. The van der Waals surface area contributed by atoms with Crippen molar-refractivity contribution in [3.63, 3.8) is 0 Å². The summed E-state index contributed by atoms with van der Waals surface area (Å²) in [6, 6.07) is -0.640. The molecule has 2 aliphatic heterocycles. The molecule has 0 aliphatic carbocycles. The summed E-state index contributed by atoms with van der Waals surface area (Å²) < 4.78 is 0. The maximum Gasteiger partial charge on any atom is 0.218 e. The minimum atomic E-state index is -1.05. The second-order valence-corrected chi connectivity index (χ2v) is 4.15.